The lowest BCUT2D eigenvalue weighted by Crippen LogP contribution is -2.63. The molecule has 0 radical (unpaired) electrons. The summed E-state index contributed by atoms with van der Waals surface area (Å²) in [5.74, 6) is 0. The summed E-state index contributed by atoms with van der Waals surface area (Å²) in [6, 6.07) is 21.8. The van der Waals surface area contributed by atoms with Gasteiger partial charge in [0, 0.05) is 18.6 Å². The Labute approximate surface area is 214 Å². The van der Waals surface area contributed by atoms with Gasteiger partial charge in [-0.2, -0.15) is 8.61 Å². The van der Waals surface area contributed by atoms with Crippen molar-refractivity contribution in [3.63, 3.8) is 0 Å². The molecule has 3 aromatic rings. The number of sulfonamides is 2. The van der Waals surface area contributed by atoms with Gasteiger partial charge in [-0.15, -0.1) is 0 Å². The highest BCUT2D eigenvalue weighted by Gasteiger charge is 2.52. The molecule has 0 unspecified atom stereocenters. The normalized spacial score (nSPS) is 23.8. The van der Waals surface area contributed by atoms with E-state index < -0.39 is 38.2 Å². The fraction of sp³-hybridized carbons (Fsp3) is 0.357. The molecule has 190 valence electrons. The van der Waals surface area contributed by atoms with Crippen LogP contribution in [0.15, 0.2) is 88.7 Å². The number of benzene rings is 3. The highest BCUT2D eigenvalue weighted by Crippen LogP contribution is 2.43. The molecule has 3 atom stereocenters. The SMILES string of the molecule is Cc1ccc(S(=O)(=O)N2C[C@H](c3ccccc3)N(S(=O)(=O)c3ccc(C)cc3)[C@@H]3CCCC[C@H]32)cc1. The molecule has 0 aromatic heterocycles. The maximum Gasteiger partial charge on any atom is 0.243 e. The Morgan fingerprint density at radius 2 is 1.14 bits per heavy atom. The summed E-state index contributed by atoms with van der Waals surface area (Å²) in [5.41, 5.74) is 2.76. The van der Waals surface area contributed by atoms with Crippen molar-refractivity contribution in [3.05, 3.63) is 95.6 Å². The first kappa shape index (κ1) is 25.1. The molecule has 1 saturated carbocycles. The monoisotopic (exact) mass is 524 g/mol. The van der Waals surface area contributed by atoms with E-state index in [9.17, 15) is 16.8 Å². The highest BCUT2D eigenvalue weighted by atomic mass is 32.2. The van der Waals surface area contributed by atoms with Gasteiger partial charge < -0.3 is 0 Å². The van der Waals surface area contributed by atoms with Crippen molar-refractivity contribution < 1.29 is 16.8 Å². The average Bonchev–Trinajstić information content (AvgIpc) is 2.88. The molecule has 6 nitrogen and oxygen atoms in total. The molecule has 2 aliphatic rings. The predicted molar refractivity (Wildman–Crippen MR) is 141 cm³/mol. The van der Waals surface area contributed by atoms with Crippen molar-refractivity contribution in [1.82, 2.24) is 8.61 Å². The summed E-state index contributed by atoms with van der Waals surface area (Å²) in [5, 5.41) is 0. The molecule has 1 aliphatic carbocycles. The standard InChI is InChI=1S/C28H32N2O4S2/c1-21-12-16-24(17-13-21)35(31,32)29-20-28(23-8-4-3-5-9-23)30(27-11-7-6-10-26(27)29)36(33,34)25-18-14-22(2)15-19-25/h3-5,8-9,12-19,26-28H,6-7,10-11,20H2,1-2H3/t26-,27-,28-/m1/s1. The van der Waals surface area contributed by atoms with Gasteiger partial charge in [0.15, 0.2) is 0 Å². The average molecular weight is 525 g/mol. The van der Waals surface area contributed by atoms with Gasteiger partial charge >= 0.3 is 0 Å². The Kier molecular flexibility index (Phi) is 6.80. The van der Waals surface area contributed by atoms with Crippen molar-refractivity contribution in [1.29, 1.82) is 0 Å². The summed E-state index contributed by atoms with van der Waals surface area (Å²) >= 11 is 0. The second-order valence-corrected chi connectivity index (χ2v) is 13.6. The van der Waals surface area contributed by atoms with Crippen LogP contribution in [0.25, 0.3) is 0 Å². The van der Waals surface area contributed by atoms with Crippen molar-refractivity contribution in [3.8, 4) is 0 Å². The lowest BCUT2D eigenvalue weighted by molar-refractivity contribution is 0.0546. The first-order valence-electron chi connectivity index (χ1n) is 12.4. The van der Waals surface area contributed by atoms with Gasteiger partial charge in [0.05, 0.1) is 15.8 Å². The zero-order chi connectivity index (χ0) is 25.5. The van der Waals surface area contributed by atoms with Gasteiger partial charge in [-0.3, -0.25) is 0 Å². The minimum Gasteiger partial charge on any atom is -0.207 e. The van der Waals surface area contributed by atoms with Crippen molar-refractivity contribution in [2.24, 2.45) is 0 Å². The molecule has 0 bridgehead atoms. The molecule has 8 heteroatoms. The summed E-state index contributed by atoms with van der Waals surface area (Å²) in [6.07, 6.45) is 2.99. The van der Waals surface area contributed by atoms with Crippen LogP contribution in [0, 0.1) is 13.8 Å². The summed E-state index contributed by atoms with van der Waals surface area (Å²) in [6.45, 7) is 3.93. The quantitative estimate of drug-likeness (QED) is 0.468. The van der Waals surface area contributed by atoms with E-state index in [1.807, 2.05) is 44.2 Å². The van der Waals surface area contributed by atoms with Crippen LogP contribution in [0.1, 0.15) is 48.4 Å². The van der Waals surface area contributed by atoms with Crippen LogP contribution in [0.5, 0.6) is 0 Å². The summed E-state index contributed by atoms with van der Waals surface area (Å²) < 4.78 is 59.4. The number of aryl methyl sites for hydroxylation is 2. The van der Waals surface area contributed by atoms with Crippen molar-refractivity contribution >= 4 is 20.0 Å². The van der Waals surface area contributed by atoms with Crippen LogP contribution in [0.3, 0.4) is 0 Å². The number of piperazine rings is 1. The zero-order valence-electron chi connectivity index (χ0n) is 20.6. The molecular weight excluding hydrogens is 492 g/mol. The Bertz CT molecular complexity index is 1420. The summed E-state index contributed by atoms with van der Waals surface area (Å²) in [4.78, 5) is 0.493. The van der Waals surface area contributed by atoms with E-state index >= 15 is 0 Å². The first-order chi connectivity index (χ1) is 17.2. The third-order valence-corrected chi connectivity index (χ3v) is 11.3. The van der Waals surface area contributed by atoms with Crippen LogP contribution in [-0.2, 0) is 20.0 Å². The molecular formula is C28H32N2O4S2. The van der Waals surface area contributed by atoms with Gasteiger partial charge in [0.1, 0.15) is 0 Å². The van der Waals surface area contributed by atoms with Gasteiger partial charge in [-0.25, -0.2) is 16.8 Å². The molecule has 1 aliphatic heterocycles. The molecule has 3 aromatic carbocycles. The van der Waals surface area contributed by atoms with E-state index in [4.69, 9.17) is 0 Å². The lowest BCUT2D eigenvalue weighted by Gasteiger charge is -2.52. The van der Waals surface area contributed by atoms with Crippen LogP contribution < -0.4 is 0 Å². The smallest absolute Gasteiger partial charge is 0.207 e. The fourth-order valence-electron chi connectivity index (χ4n) is 5.57. The highest BCUT2D eigenvalue weighted by molar-refractivity contribution is 7.89. The zero-order valence-corrected chi connectivity index (χ0v) is 22.3. The Morgan fingerprint density at radius 3 is 1.69 bits per heavy atom. The van der Waals surface area contributed by atoms with E-state index in [2.05, 4.69) is 0 Å². The Balaban J connectivity index is 1.65. The number of rotatable bonds is 5. The maximum atomic E-state index is 14.2. The second kappa shape index (κ2) is 9.74. The third-order valence-electron chi connectivity index (χ3n) is 7.46. The fourth-order valence-corrected chi connectivity index (χ4v) is 9.11. The number of hydrogen-bond acceptors (Lipinski definition) is 4. The van der Waals surface area contributed by atoms with Gasteiger partial charge in [-0.05, 0) is 56.5 Å². The van der Waals surface area contributed by atoms with E-state index in [0.717, 1.165) is 29.5 Å². The van der Waals surface area contributed by atoms with Crippen LogP contribution in [-0.4, -0.2) is 44.1 Å². The topological polar surface area (TPSA) is 74.8 Å². The minimum absolute atomic E-state index is 0.0759. The molecule has 1 saturated heterocycles. The van der Waals surface area contributed by atoms with Crippen LogP contribution in [0.4, 0.5) is 0 Å². The van der Waals surface area contributed by atoms with E-state index in [0.29, 0.717) is 12.8 Å². The van der Waals surface area contributed by atoms with Crippen molar-refractivity contribution in [2.45, 2.75) is 67.4 Å². The number of nitrogens with zero attached hydrogens (tertiary/aromatic N) is 2. The Hall–Kier alpha value is -2.52. The van der Waals surface area contributed by atoms with Crippen molar-refractivity contribution in [2.75, 3.05) is 6.54 Å². The molecule has 0 amide bonds. The van der Waals surface area contributed by atoms with E-state index in [1.165, 1.54) is 0 Å². The number of hydrogen-bond donors (Lipinski definition) is 0. The molecule has 2 fully saturated rings. The Morgan fingerprint density at radius 1 is 0.639 bits per heavy atom. The predicted octanol–water partition coefficient (Wildman–Crippen LogP) is 5.05. The van der Waals surface area contributed by atoms with Gasteiger partial charge in [0.25, 0.3) is 0 Å². The van der Waals surface area contributed by atoms with E-state index in [-0.39, 0.29) is 16.3 Å². The van der Waals surface area contributed by atoms with E-state index in [1.54, 1.807) is 57.1 Å². The molecule has 0 spiro atoms. The van der Waals surface area contributed by atoms with Crippen LogP contribution >= 0.6 is 0 Å². The first-order valence-corrected chi connectivity index (χ1v) is 15.3. The summed E-state index contributed by atoms with van der Waals surface area (Å²) in [7, 11) is -7.69. The molecule has 0 N–H and O–H groups in total. The van der Waals surface area contributed by atoms with Gasteiger partial charge in [-0.1, -0.05) is 78.6 Å². The van der Waals surface area contributed by atoms with Crippen LogP contribution in [0.2, 0.25) is 0 Å². The lowest BCUT2D eigenvalue weighted by atomic mass is 9.86. The van der Waals surface area contributed by atoms with Gasteiger partial charge in [0.2, 0.25) is 20.0 Å². The molecule has 1 heterocycles. The minimum atomic E-state index is -3.87. The maximum absolute atomic E-state index is 14.2. The third kappa shape index (κ3) is 4.52. The number of fused-ring (bicyclic) bond motifs is 1. The molecule has 36 heavy (non-hydrogen) atoms. The molecule has 5 rings (SSSR count). The largest absolute Gasteiger partial charge is 0.243 e. The second-order valence-electron chi connectivity index (χ2n) is 9.88.